The molecule has 0 aliphatic carbocycles. The molecule has 1 fully saturated rings. The van der Waals surface area contributed by atoms with Crippen molar-refractivity contribution >= 4 is 0 Å². The number of nitrogens with zero attached hydrogens (tertiary/aromatic N) is 1. The molecule has 1 aliphatic rings. The summed E-state index contributed by atoms with van der Waals surface area (Å²) in [5.74, 6) is 0. The van der Waals surface area contributed by atoms with Crippen molar-refractivity contribution in [3.8, 4) is 0 Å². The summed E-state index contributed by atoms with van der Waals surface area (Å²) in [6.45, 7) is 17.5. The Morgan fingerprint density at radius 1 is 1.05 bits per heavy atom. The van der Waals surface area contributed by atoms with E-state index in [1.807, 2.05) is 0 Å². The fourth-order valence-electron chi connectivity index (χ4n) is 3.40. The zero-order valence-electron chi connectivity index (χ0n) is 13.9. The summed E-state index contributed by atoms with van der Waals surface area (Å²) in [5.41, 5.74) is 5.99. The minimum Gasteiger partial charge on any atom is -0.367 e. The molecule has 2 N–H and O–H groups in total. The van der Waals surface area contributed by atoms with Gasteiger partial charge in [0, 0.05) is 13.1 Å². The second kappa shape index (κ2) is 6.11. The van der Waals surface area contributed by atoms with Crippen LogP contribution in [-0.4, -0.2) is 42.3 Å². The first-order valence-electron chi connectivity index (χ1n) is 7.68. The zero-order valence-corrected chi connectivity index (χ0v) is 13.9. The molecule has 0 aromatic heterocycles. The second-order valence-corrected chi connectivity index (χ2v) is 8.14. The summed E-state index contributed by atoms with van der Waals surface area (Å²) in [6.07, 6.45) is 3.62. The molecule has 0 unspecified atom stereocenters. The Hall–Kier alpha value is -0.120. The maximum atomic E-state index is 6.12. The number of nitrogens with two attached hydrogens (primary N) is 1. The third kappa shape index (κ3) is 6.24. The van der Waals surface area contributed by atoms with Crippen LogP contribution in [0.2, 0.25) is 0 Å². The zero-order chi connectivity index (χ0) is 14.7. The van der Waals surface area contributed by atoms with Crippen molar-refractivity contribution in [1.29, 1.82) is 0 Å². The molecule has 0 aromatic carbocycles. The van der Waals surface area contributed by atoms with E-state index in [0.29, 0.717) is 5.41 Å². The van der Waals surface area contributed by atoms with Crippen LogP contribution in [0.1, 0.15) is 60.8 Å². The first-order chi connectivity index (χ1) is 8.55. The SMILES string of the molecule is CC(C)(CCN)CCCN1CC(C)(C)OC(C)(C)C1. The van der Waals surface area contributed by atoms with Crippen LogP contribution in [-0.2, 0) is 4.74 Å². The van der Waals surface area contributed by atoms with Crippen molar-refractivity contribution in [3.63, 3.8) is 0 Å². The molecule has 0 bridgehead atoms. The maximum absolute atomic E-state index is 6.12. The van der Waals surface area contributed by atoms with Gasteiger partial charge in [0.15, 0.2) is 0 Å². The molecular weight excluding hydrogens is 236 g/mol. The molecule has 0 saturated carbocycles. The van der Waals surface area contributed by atoms with Crippen LogP contribution in [0.25, 0.3) is 0 Å². The van der Waals surface area contributed by atoms with E-state index in [2.05, 4.69) is 46.4 Å². The van der Waals surface area contributed by atoms with E-state index < -0.39 is 0 Å². The van der Waals surface area contributed by atoms with Crippen LogP contribution in [0.3, 0.4) is 0 Å². The van der Waals surface area contributed by atoms with E-state index in [1.165, 1.54) is 19.4 Å². The molecule has 3 nitrogen and oxygen atoms in total. The van der Waals surface area contributed by atoms with E-state index in [1.54, 1.807) is 0 Å². The Balaban J connectivity index is 2.41. The van der Waals surface area contributed by atoms with Crippen LogP contribution in [0.15, 0.2) is 0 Å². The lowest BCUT2D eigenvalue weighted by atomic mass is 9.84. The minimum absolute atomic E-state index is 0.0332. The van der Waals surface area contributed by atoms with E-state index in [9.17, 15) is 0 Å². The van der Waals surface area contributed by atoms with Crippen molar-refractivity contribution in [1.82, 2.24) is 4.90 Å². The smallest absolute Gasteiger partial charge is 0.0760 e. The van der Waals surface area contributed by atoms with Crippen molar-refractivity contribution in [2.45, 2.75) is 72.0 Å². The first kappa shape index (κ1) is 16.9. The van der Waals surface area contributed by atoms with Crippen molar-refractivity contribution in [2.24, 2.45) is 11.1 Å². The summed E-state index contributed by atoms with van der Waals surface area (Å²) >= 11 is 0. The van der Waals surface area contributed by atoms with Gasteiger partial charge >= 0.3 is 0 Å². The Morgan fingerprint density at radius 3 is 2.05 bits per heavy atom. The third-order valence-corrected chi connectivity index (χ3v) is 3.91. The van der Waals surface area contributed by atoms with E-state index in [-0.39, 0.29) is 11.2 Å². The van der Waals surface area contributed by atoms with Gasteiger partial charge in [0.05, 0.1) is 11.2 Å². The molecule has 0 spiro atoms. The summed E-state index contributed by atoms with van der Waals surface area (Å²) in [6, 6.07) is 0. The van der Waals surface area contributed by atoms with Gasteiger partial charge in [-0.2, -0.15) is 0 Å². The Labute approximate surface area is 119 Å². The molecule has 19 heavy (non-hydrogen) atoms. The van der Waals surface area contributed by atoms with Crippen molar-refractivity contribution < 1.29 is 4.74 Å². The summed E-state index contributed by atoms with van der Waals surface area (Å²) in [4.78, 5) is 2.56. The number of morpholine rings is 1. The fourth-order valence-corrected chi connectivity index (χ4v) is 3.40. The molecule has 3 heteroatoms. The van der Waals surface area contributed by atoms with Gasteiger partial charge in [-0.05, 0) is 65.5 Å². The predicted octanol–water partition coefficient (Wildman–Crippen LogP) is 3.03. The summed E-state index contributed by atoms with van der Waals surface area (Å²) < 4.78 is 6.12. The molecule has 1 heterocycles. The van der Waals surface area contributed by atoms with Crippen molar-refractivity contribution in [3.05, 3.63) is 0 Å². The molecular formula is C16H34N2O. The van der Waals surface area contributed by atoms with Gasteiger partial charge in [0.25, 0.3) is 0 Å². The summed E-state index contributed by atoms with van der Waals surface area (Å²) in [5, 5.41) is 0. The number of hydrogen-bond donors (Lipinski definition) is 1. The Morgan fingerprint density at radius 2 is 1.58 bits per heavy atom. The highest BCUT2D eigenvalue weighted by Crippen LogP contribution is 2.30. The van der Waals surface area contributed by atoms with Gasteiger partial charge in [-0.1, -0.05) is 13.8 Å². The minimum atomic E-state index is -0.0332. The van der Waals surface area contributed by atoms with Gasteiger partial charge in [-0.15, -0.1) is 0 Å². The third-order valence-electron chi connectivity index (χ3n) is 3.91. The molecule has 0 atom stereocenters. The molecule has 1 saturated heterocycles. The quantitative estimate of drug-likeness (QED) is 0.806. The molecule has 114 valence electrons. The van der Waals surface area contributed by atoms with Gasteiger partial charge in [0.1, 0.15) is 0 Å². The van der Waals surface area contributed by atoms with Crippen LogP contribution < -0.4 is 5.73 Å². The van der Waals surface area contributed by atoms with Gasteiger partial charge in [-0.25, -0.2) is 0 Å². The molecule has 0 aromatic rings. The number of ether oxygens (including phenoxy) is 1. The lowest BCUT2D eigenvalue weighted by molar-refractivity contribution is -0.180. The molecule has 1 aliphatic heterocycles. The average molecular weight is 270 g/mol. The van der Waals surface area contributed by atoms with Gasteiger partial charge in [-0.3, -0.25) is 4.90 Å². The van der Waals surface area contributed by atoms with E-state index in [0.717, 1.165) is 26.1 Å². The number of rotatable bonds is 6. The van der Waals surface area contributed by atoms with Crippen LogP contribution >= 0.6 is 0 Å². The normalized spacial score (nSPS) is 23.5. The van der Waals surface area contributed by atoms with E-state index in [4.69, 9.17) is 10.5 Å². The highest BCUT2D eigenvalue weighted by Gasteiger charge is 2.37. The van der Waals surface area contributed by atoms with Crippen LogP contribution in [0.4, 0.5) is 0 Å². The van der Waals surface area contributed by atoms with Gasteiger partial charge in [0.2, 0.25) is 0 Å². The van der Waals surface area contributed by atoms with Crippen LogP contribution in [0, 0.1) is 5.41 Å². The summed E-state index contributed by atoms with van der Waals surface area (Å²) in [7, 11) is 0. The fraction of sp³-hybridized carbons (Fsp3) is 1.00. The molecule has 1 rings (SSSR count). The largest absolute Gasteiger partial charge is 0.367 e. The topological polar surface area (TPSA) is 38.5 Å². The predicted molar refractivity (Wildman–Crippen MR) is 82.4 cm³/mol. The van der Waals surface area contributed by atoms with Gasteiger partial charge < -0.3 is 10.5 Å². The maximum Gasteiger partial charge on any atom is 0.0760 e. The average Bonchev–Trinajstić information content (AvgIpc) is 2.11. The molecule has 0 amide bonds. The Kier molecular flexibility index (Phi) is 5.44. The first-order valence-corrected chi connectivity index (χ1v) is 7.68. The van der Waals surface area contributed by atoms with Crippen LogP contribution in [0.5, 0.6) is 0 Å². The Bertz CT molecular complexity index is 268. The standard InChI is InChI=1S/C16H34N2O/c1-14(2,9-10-17)8-7-11-18-12-15(3,4)19-16(5,6)13-18/h7-13,17H2,1-6H3. The molecule has 0 radical (unpaired) electrons. The second-order valence-electron chi connectivity index (χ2n) is 8.14. The van der Waals surface area contributed by atoms with Crippen molar-refractivity contribution in [2.75, 3.05) is 26.2 Å². The lowest BCUT2D eigenvalue weighted by Crippen LogP contribution is -2.57. The highest BCUT2D eigenvalue weighted by atomic mass is 16.5. The monoisotopic (exact) mass is 270 g/mol. The van der Waals surface area contributed by atoms with E-state index >= 15 is 0 Å². The number of hydrogen-bond acceptors (Lipinski definition) is 3. The lowest BCUT2D eigenvalue weighted by Gasteiger charge is -2.47. The highest BCUT2D eigenvalue weighted by molar-refractivity contribution is 4.89.